The molecule has 2 N–H and O–H groups in total. The van der Waals surface area contributed by atoms with Crippen molar-refractivity contribution in [1.29, 1.82) is 0 Å². The van der Waals surface area contributed by atoms with Gasteiger partial charge >= 0.3 is 5.97 Å². The van der Waals surface area contributed by atoms with E-state index in [0.717, 1.165) is 41.4 Å². The number of hydrogen-bond acceptors (Lipinski definition) is 2. The fourth-order valence-corrected chi connectivity index (χ4v) is 3.98. The fourth-order valence-electron chi connectivity index (χ4n) is 3.98. The minimum Gasteiger partial charge on any atom is -0.481 e. The van der Waals surface area contributed by atoms with Crippen LogP contribution in [-0.2, 0) is 17.6 Å². The van der Waals surface area contributed by atoms with Gasteiger partial charge in [0.2, 0.25) is 0 Å². The molecule has 30 heavy (non-hydrogen) atoms. The van der Waals surface area contributed by atoms with Crippen LogP contribution in [-0.4, -0.2) is 22.2 Å². The number of carboxylic acids is 1. The van der Waals surface area contributed by atoms with Crippen molar-refractivity contribution in [3.05, 3.63) is 108 Å². The lowest BCUT2D eigenvalue weighted by molar-refractivity contribution is -0.136. The van der Waals surface area contributed by atoms with Crippen molar-refractivity contribution < 1.29 is 9.90 Å². The molecule has 0 saturated carbocycles. The molecular formula is C26H26N2O2. The van der Waals surface area contributed by atoms with E-state index in [1.807, 2.05) is 48.7 Å². The first-order valence-corrected chi connectivity index (χ1v) is 10.3. The average molecular weight is 399 g/mol. The number of para-hydroxylation sites is 1. The molecule has 1 unspecified atom stereocenters. The van der Waals surface area contributed by atoms with Gasteiger partial charge in [0.1, 0.15) is 6.17 Å². The third-order valence-corrected chi connectivity index (χ3v) is 5.38. The molecule has 1 aromatic heterocycles. The lowest BCUT2D eigenvalue weighted by atomic mass is 10.1. The van der Waals surface area contributed by atoms with E-state index < -0.39 is 5.97 Å². The highest BCUT2D eigenvalue weighted by Crippen LogP contribution is 2.27. The Labute approximate surface area is 176 Å². The fraction of sp³-hybridized carbons (Fsp3) is 0.192. The summed E-state index contributed by atoms with van der Waals surface area (Å²) in [5, 5.41) is 14.0. The smallest absolute Gasteiger partial charge is 0.307 e. The zero-order valence-corrected chi connectivity index (χ0v) is 16.9. The van der Waals surface area contributed by atoms with Crippen molar-refractivity contribution in [2.75, 3.05) is 6.54 Å². The number of aromatic nitrogens is 1. The summed E-state index contributed by atoms with van der Waals surface area (Å²) in [6, 6.07) is 28.8. The van der Waals surface area contributed by atoms with Crippen LogP contribution >= 0.6 is 0 Å². The van der Waals surface area contributed by atoms with Crippen molar-refractivity contribution in [3.63, 3.8) is 0 Å². The minimum absolute atomic E-state index is 0.0169. The number of rotatable bonds is 9. The molecule has 0 fully saturated rings. The topological polar surface area (TPSA) is 54.3 Å². The molecule has 4 aromatic rings. The van der Waals surface area contributed by atoms with E-state index in [9.17, 15) is 9.90 Å². The van der Waals surface area contributed by atoms with Crippen LogP contribution in [0, 0.1) is 0 Å². The lowest BCUT2D eigenvalue weighted by Crippen LogP contribution is -2.28. The predicted octanol–water partition coefficient (Wildman–Crippen LogP) is 5.04. The molecule has 1 atom stereocenters. The van der Waals surface area contributed by atoms with Gasteiger partial charge in [-0.05, 0) is 42.1 Å². The molecular weight excluding hydrogens is 372 g/mol. The largest absolute Gasteiger partial charge is 0.481 e. The molecule has 0 radical (unpaired) electrons. The van der Waals surface area contributed by atoms with Crippen molar-refractivity contribution in [2.45, 2.75) is 25.4 Å². The molecule has 4 rings (SSSR count). The molecule has 0 amide bonds. The molecule has 0 bridgehead atoms. The number of carbonyl (C=O) groups is 1. The highest BCUT2D eigenvalue weighted by molar-refractivity contribution is 5.87. The molecule has 0 aliphatic carbocycles. The lowest BCUT2D eigenvalue weighted by Gasteiger charge is -2.22. The van der Waals surface area contributed by atoms with Crippen molar-refractivity contribution in [3.8, 4) is 0 Å². The minimum atomic E-state index is -0.815. The summed E-state index contributed by atoms with van der Waals surface area (Å²) in [5.74, 6) is -0.815. The summed E-state index contributed by atoms with van der Waals surface area (Å²) in [6.45, 7) is 0.856. The molecule has 3 aromatic carbocycles. The first kappa shape index (κ1) is 19.9. The molecule has 4 nitrogen and oxygen atoms in total. The number of nitrogens with zero attached hydrogens (tertiary/aromatic N) is 1. The van der Waals surface area contributed by atoms with E-state index in [0.29, 0.717) is 0 Å². The van der Waals surface area contributed by atoms with Gasteiger partial charge in [-0.2, -0.15) is 0 Å². The summed E-state index contributed by atoms with van der Waals surface area (Å²) in [6.07, 6.45) is 3.99. The Bertz CT molecular complexity index is 1100. The van der Waals surface area contributed by atoms with Gasteiger partial charge in [0, 0.05) is 17.1 Å². The normalized spacial score (nSPS) is 12.1. The molecule has 0 aliphatic rings. The number of aliphatic carboxylic acids is 1. The Morgan fingerprint density at radius 2 is 1.57 bits per heavy atom. The Balaban J connectivity index is 1.61. The van der Waals surface area contributed by atoms with E-state index >= 15 is 0 Å². The highest BCUT2D eigenvalue weighted by Gasteiger charge is 2.18. The Kier molecular flexibility index (Phi) is 6.26. The second-order valence-electron chi connectivity index (χ2n) is 7.51. The Hall–Kier alpha value is -3.37. The van der Waals surface area contributed by atoms with Crippen molar-refractivity contribution in [2.24, 2.45) is 0 Å². The zero-order valence-electron chi connectivity index (χ0n) is 16.9. The van der Waals surface area contributed by atoms with Crippen LogP contribution in [0.3, 0.4) is 0 Å². The molecule has 152 valence electrons. The summed E-state index contributed by atoms with van der Waals surface area (Å²) in [4.78, 5) is 11.4. The number of aryl methyl sites for hydroxylation is 1. The van der Waals surface area contributed by atoms with Gasteiger partial charge in [0.15, 0.2) is 0 Å². The highest BCUT2D eigenvalue weighted by atomic mass is 16.4. The number of carboxylic acid groups (broad SMARTS) is 1. The number of nitrogens with one attached hydrogen (secondary N) is 1. The molecule has 1 heterocycles. The Morgan fingerprint density at radius 3 is 2.30 bits per heavy atom. The van der Waals surface area contributed by atoms with Crippen molar-refractivity contribution >= 4 is 16.9 Å². The Morgan fingerprint density at radius 1 is 0.900 bits per heavy atom. The maximum Gasteiger partial charge on any atom is 0.307 e. The second-order valence-corrected chi connectivity index (χ2v) is 7.51. The summed E-state index contributed by atoms with van der Waals surface area (Å²) in [5.41, 5.74) is 4.37. The van der Waals surface area contributed by atoms with Crippen LogP contribution in [0.25, 0.3) is 10.9 Å². The van der Waals surface area contributed by atoms with Crippen molar-refractivity contribution in [1.82, 2.24) is 9.88 Å². The quantitative estimate of drug-likeness (QED) is 0.389. The van der Waals surface area contributed by atoms with Crippen LogP contribution in [0.1, 0.15) is 29.3 Å². The monoisotopic (exact) mass is 398 g/mol. The summed E-state index contributed by atoms with van der Waals surface area (Å²) >= 11 is 0. The van der Waals surface area contributed by atoms with Crippen LogP contribution in [0.5, 0.6) is 0 Å². The molecule has 0 aliphatic heterocycles. The predicted molar refractivity (Wildman–Crippen MR) is 121 cm³/mol. The zero-order chi connectivity index (χ0) is 20.8. The second kappa shape index (κ2) is 9.42. The van der Waals surface area contributed by atoms with Crippen LogP contribution < -0.4 is 5.32 Å². The van der Waals surface area contributed by atoms with E-state index in [4.69, 9.17) is 0 Å². The van der Waals surface area contributed by atoms with Gasteiger partial charge < -0.3 is 9.67 Å². The van der Waals surface area contributed by atoms with Gasteiger partial charge in [0.25, 0.3) is 0 Å². The standard InChI is InChI=1S/C26H26N2O2/c29-25(30)18-22-19-28(24-16-8-7-15-23(22)24)26(21-13-5-2-6-14-21)27-17-9-12-20-10-3-1-4-11-20/h1-8,10-11,13-16,19,26-27H,9,12,17-18H2,(H,29,30). The SMILES string of the molecule is O=C(O)Cc1cn(C(NCCCc2ccccc2)c2ccccc2)c2ccccc12. The van der Waals surface area contributed by atoms with Crippen LogP contribution in [0.2, 0.25) is 0 Å². The van der Waals surface area contributed by atoms with Crippen LogP contribution in [0.4, 0.5) is 0 Å². The summed E-state index contributed by atoms with van der Waals surface area (Å²) in [7, 11) is 0. The number of hydrogen-bond donors (Lipinski definition) is 2. The average Bonchev–Trinajstić information content (AvgIpc) is 3.13. The first-order chi connectivity index (χ1) is 14.7. The molecule has 4 heteroatoms. The third kappa shape index (κ3) is 4.61. The van der Waals surface area contributed by atoms with Gasteiger partial charge in [-0.15, -0.1) is 0 Å². The molecule has 0 spiro atoms. The van der Waals surface area contributed by atoms with Gasteiger partial charge in [-0.1, -0.05) is 78.9 Å². The number of benzene rings is 3. The van der Waals surface area contributed by atoms with Gasteiger partial charge in [-0.3, -0.25) is 10.1 Å². The molecule has 0 saturated heterocycles. The van der Waals surface area contributed by atoms with E-state index in [1.54, 1.807) is 0 Å². The maximum absolute atomic E-state index is 11.4. The maximum atomic E-state index is 11.4. The van der Waals surface area contributed by atoms with E-state index in [-0.39, 0.29) is 12.6 Å². The summed E-state index contributed by atoms with van der Waals surface area (Å²) < 4.78 is 2.17. The van der Waals surface area contributed by atoms with E-state index in [1.165, 1.54) is 5.56 Å². The number of fused-ring (bicyclic) bond motifs is 1. The van der Waals surface area contributed by atoms with Gasteiger partial charge in [0.05, 0.1) is 6.42 Å². The van der Waals surface area contributed by atoms with Crippen LogP contribution in [0.15, 0.2) is 91.1 Å². The third-order valence-electron chi connectivity index (χ3n) is 5.38. The first-order valence-electron chi connectivity index (χ1n) is 10.3. The van der Waals surface area contributed by atoms with Gasteiger partial charge in [-0.25, -0.2) is 0 Å². The van der Waals surface area contributed by atoms with E-state index in [2.05, 4.69) is 52.3 Å².